The second kappa shape index (κ2) is 3.62. The van der Waals surface area contributed by atoms with E-state index < -0.39 is 0 Å². The van der Waals surface area contributed by atoms with E-state index in [4.69, 9.17) is 0 Å². The lowest BCUT2D eigenvalue weighted by atomic mass is 9.82. The molecule has 0 bridgehead atoms. The third-order valence-electron chi connectivity index (χ3n) is 3.77. The van der Waals surface area contributed by atoms with Crippen LogP contribution in [0.2, 0.25) is 0 Å². The minimum atomic E-state index is 0.236. The van der Waals surface area contributed by atoms with Crippen LogP contribution in [0.15, 0.2) is 18.2 Å². The van der Waals surface area contributed by atoms with Crippen molar-refractivity contribution < 1.29 is 0 Å². The Kier molecular flexibility index (Phi) is 2.53. The van der Waals surface area contributed by atoms with Gasteiger partial charge in [0.1, 0.15) is 5.82 Å². The standard InChI is InChI=1S/C14H20N2/c1-6-14(3,4)11-7-8-13-12(9-11)15-10(2)16(13)5/h7-9H,6H2,1-5H3. The molecule has 0 radical (unpaired) electrons. The highest BCUT2D eigenvalue weighted by molar-refractivity contribution is 5.77. The molecule has 2 nitrogen and oxygen atoms in total. The molecule has 0 aliphatic rings. The van der Waals surface area contributed by atoms with Crippen LogP contribution in [0.4, 0.5) is 0 Å². The van der Waals surface area contributed by atoms with Crippen LogP contribution in [-0.4, -0.2) is 9.55 Å². The van der Waals surface area contributed by atoms with Gasteiger partial charge in [0.15, 0.2) is 0 Å². The molecule has 0 spiro atoms. The summed E-state index contributed by atoms with van der Waals surface area (Å²) in [6.45, 7) is 8.84. The molecular formula is C14H20N2. The highest BCUT2D eigenvalue weighted by Crippen LogP contribution is 2.29. The van der Waals surface area contributed by atoms with Crippen molar-refractivity contribution in [2.45, 2.75) is 39.5 Å². The van der Waals surface area contributed by atoms with Gasteiger partial charge in [-0.2, -0.15) is 0 Å². The van der Waals surface area contributed by atoms with Crippen molar-refractivity contribution in [1.29, 1.82) is 0 Å². The predicted molar refractivity (Wildman–Crippen MR) is 68.8 cm³/mol. The van der Waals surface area contributed by atoms with Gasteiger partial charge in [0.2, 0.25) is 0 Å². The first kappa shape index (κ1) is 11.2. The van der Waals surface area contributed by atoms with Crippen molar-refractivity contribution in [3.63, 3.8) is 0 Å². The van der Waals surface area contributed by atoms with Crippen molar-refractivity contribution in [2.24, 2.45) is 7.05 Å². The van der Waals surface area contributed by atoms with Gasteiger partial charge in [0, 0.05) is 7.05 Å². The van der Waals surface area contributed by atoms with Gasteiger partial charge in [-0.05, 0) is 36.5 Å². The molecule has 0 N–H and O–H groups in total. The van der Waals surface area contributed by atoms with E-state index in [0.717, 1.165) is 17.8 Å². The van der Waals surface area contributed by atoms with Gasteiger partial charge in [0.25, 0.3) is 0 Å². The Labute approximate surface area is 97.3 Å². The summed E-state index contributed by atoms with van der Waals surface area (Å²) in [5, 5.41) is 0. The highest BCUT2D eigenvalue weighted by atomic mass is 15.0. The van der Waals surface area contributed by atoms with Crippen molar-refractivity contribution >= 4 is 11.0 Å². The van der Waals surface area contributed by atoms with Crippen LogP contribution >= 0.6 is 0 Å². The van der Waals surface area contributed by atoms with Gasteiger partial charge in [0.05, 0.1) is 11.0 Å². The Morgan fingerprint density at radius 3 is 2.62 bits per heavy atom. The van der Waals surface area contributed by atoms with E-state index in [1.165, 1.54) is 11.1 Å². The summed E-state index contributed by atoms with van der Waals surface area (Å²) in [6, 6.07) is 6.64. The summed E-state index contributed by atoms with van der Waals surface area (Å²) >= 11 is 0. The van der Waals surface area contributed by atoms with Gasteiger partial charge in [-0.25, -0.2) is 4.98 Å². The first-order valence-corrected chi connectivity index (χ1v) is 5.89. The number of aryl methyl sites for hydroxylation is 2. The van der Waals surface area contributed by atoms with Crippen molar-refractivity contribution in [2.75, 3.05) is 0 Å². The molecule has 0 atom stereocenters. The largest absolute Gasteiger partial charge is 0.331 e. The Morgan fingerprint density at radius 1 is 1.31 bits per heavy atom. The number of rotatable bonds is 2. The Balaban J connectivity index is 2.61. The number of benzene rings is 1. The fraction of sp³-hybridized carbons (Fsp3) is 0.500. The van der Waals surface area contributed by atoms with Crippen LogP contribution in [0.3, 0.4) is 0 Å². The second-order valence-electron chi connectivity index (χ2n) is 5.16. The summed E-state index contributed by atoms with van der Waals surface area (Å²) in [5.41, 5.74) is 3.94. The highest BCUT2D eigenvalue weighted by Gasteiger charge is 2.18. The van der Waals surface area contributed by atoms with E-state index in [0.29, 0.717) is 0 Å². The second-order valence-corrected chi connectivity index (χ2v) is 5.16. The molecule has 0 aliphatic carbocycles. The predicted octanol–water partition coefficient (Wildman–Crippen LogP) is 3.57. The summed E-state index contributed by atoms with van der Waals surface area (Å²) < 4.78 is 2.14. The monoisotopic (exact) mass is 216 g/mol. The zero-order chi connectivity index (χ0) is 11.9. The maximum atomic E-state index is 4.58. The number of hydrogen-bond donors (Lipinski definition) is 0. The molecule has 0 aliphatic heterocycles. The SMILES string of the molecule is CCC(C)(C)c1ccc2c(c1)nc(C)n2C. The molecule has 0 unspecified atom stereocenters. The zero-order valence-corrected chi connectivity index (χ0v) is 10.8. The molecule has 1 aromatic heterocycles. The lowest BCUT2D eigenvalue weighted by molar-refractivity contribution is 0.507. The van der Waals surface area contributed by atoms with Gasteiger partial charge < -0.3 is 4.57 Å². The number of nitrogens with zero attached hydrogens (tertiary/aromatic N) is 2. The molecule has 0 saturated carbocycles. The minimum absolute atomic E-state index is 0.236. The zero-order valence-electron chi connectivity index (χ0n) is 10.8. The number of fused-ring (bicyclic) bond motifs is 1. The first-order valence-electron chi connectivity index (χ1n) is 5.89. The van der Waals surface area contributed by atoms with Gasteiger partial charge in [-0.15, -0.1) is 0 Å². The first-order chi connectivity index (χ1) is 7.45. The van der Waals surface area contributed by atoms with E-state index >= 15 is 0 Å². The molecule has 16 heavy (non-hydrogen) atoms. The van der Waals surface area contributed by atoms with Crippen molar-refractivity contribution in [3.05, 3.63) is 29.6 Å². The molecule has 0 saturated heterocycles. The molecule has 2 aromatic rings. The maximum Gasteiger partial charge on any atom is 0.106 e. The quantitative estimate of drug-likeness (QED) is 0.750. The fourth-order valence-corrected chi connectivity index (χ4v) is 1.95. The van der Waals surface area contributed by atoms with Crippen LogP contribution in [0.25, 0.3) is 11.0 Å². The lowest BCUT2D eigenvalue weighted by Crippen LogP contribution is -2.15. The average Bonchev–Trinajstić information content (AvgIpc) is 2.54. The van der Waals surface area contributed by atoms with Crippen LogP contribution < -0.4 is 0 Å². The number of aromatic nitrogens is 2. The molecule has 2 rings (SSSR count). The van der Waals surface area contributed by atoms with Gasteiger partial charge in [-0.1, -0.05) is 26.8 Å². The van der Waals surface area contributed by atoms with E-state index in [9.17, 15) is 0 Å². The van der Waals surface area contributed by atoms with E-state index in [2.05, 4.69) is 55.6 Å². The molecule has 86 valence electrons. The average molecular weight is 216 g/mol. The molecule has 0 fully saturated rings. The summed E-state index contributed by atoms with van der Waals surface area (Å²) in [4.78, 5) is 4.58. The number of hydrogen-bond acceptors (Lipinski definition) is 1. The summed E-state index contributed by atoms with van der Waals surface area (Å²) in [6.07, 6.45) is 1.14. The van der Waals surface area contributed by atoms with Gasteiger partial charge >= 0.3 is 0 Å². The lowest BCUT2D eigenvalue weighted by Gasteiger charge is -2.23. The van der Waals surface area contributed by atoms with Crippen LogP contribution in [0.5, 0.6) is 0 Å². The molecular weight excluding hydrogens is 196 g/mol. The van der Waals surface area contributed by atoms with E-state index in [1.54, 1.807) is 0 Å². The topological polar surface area (TPSA) is 17.8 Å². The van der Waals surface area contributed by atoms with E-state index in [1.807, 2.05) is 6.92 Å². The Morgan fingerprint density at radius 2 is 2.00 bits per heavy atom. The molecule has 2 heteroatoms. The molecule has 1 aromatic carbocycles. The molecule has 1 heterocycles. The van der Waals surface area contributed by atoms with Crippen LogP contribution in [0.1, 0.15) is 38.6 Å². The maximum absolute atomic E-state index is 4.58. The van der Waals surface area contributed by atoms with Crippen LogP contribution in [-0.2, 0) is 12.5 Å². The van der Waals surface area contributed by atoms with Gasteiger partial charge in [-0.3, -0.25) is 0 Å². The summed E-state index contributed by atoms with van der Waals surface area (Å²) in [7, 11) is 2.06. The minimum Gasteiger partial charge on any atom is -0.331 e. The summed E-state index contributed by atoms with van der Waals surface area (Å²) in [5.74, 6) is 1.07. The smallest absolute Gasteiger partial charge is 0.106 e. The fourth-order valence-electron chi connectivity index (χ4n) is 1.95. The van der Waals surface area contributed by atoms with Crippen molar-refractivity contribution in [1.82, 2.24) is 9.55 Å². The van der Waals surface area contributed by atoms with E-state index in [-0.39, 0.29) is 5.41 Å². The van der Waals surface area contributed by atoms with Crippen LogP contribution in [0, 0.1) is 6.92 Å². The Hall–Kier alpha value is -1.31. The third-order valence-corrected chi connectivity index (χ3v) is 3.77. The normalized spacial score (nSPS) is 12.3. The third kappa shape index (κ3) is 1.62. The van der Waals surface area contributed by atoms with Crippen molar-refractivity contribution in [3.8, 4) is 0 Å². The number of imidazole rings is 1. The Bertz CT molecular complexity index is 521. The molecule has 0 amide bonds.